The monoisotopic (exact) mass is 431 g/mol. The number of hydrogen-bond acceptors (Lipinski definition) is 4. The molecule has 2 aromatic rings. The van der Waals surface area contributed by atoms with Crippen molar-refractivity contribution in [3.63, 3.8) is 0 Å². The first kappa shape index (κ1) is 19.2. The first-order chi connectivity index (χ1) is 13.0. The van der Waals surface area contributed by atoms with Crippen LogP contribution >= 0.6 is 15.9 Å². The van der Waals surface area contributed by atoms with E-state index in [2.05, 4.69) is 26.1 Å². The summed E-state index contributed by atoms with van der Waals surface area (Å²) in [6.45, 7) is 4.66. The highest BCUT2D eigenvalue weighted by Gasteiger charge is 2.18. The second-order valence-electron chi connectivity index (χ2n) is 6.33. The van der Waals surface area contributed by atoms with Crippen molar-refractivity contribution >= 4 is 39.1 Å². The third kappa shape index (κ3) is 5.47. The molecule has 0 radical (unpaired) electrons. The van der Waals surface area contributed by atoms with Crippen molar-refractivity contribution < 1.29 is 14.3 Å². The Kier molecular flexibility index (Phi) is 6.34. The number of ether oxygens (including phenoxy) is 1. The summed E-state index contributed by atoms with van der Waals surface area (Å²) >= 11 is 3.37. The first-order valence-corrected chi connectivity index (χ1v) is 9.59. The SMILES string of the molecule is CC(=O)N1CCN(c2ccc(OCC(=O)Nc3cccc(Br)c3)cc2)CC1. The topological polar surface area (TPSA) is 61.9 Å². The van der Waals surface area contributed by atoms with Gasteiger partial charge in [0.25, 0.3) is 5.91 Å². The molecule has 2 amide bonds. The molecule has 6 nitrogen and oxygen atoms in total. The van der Waals surface area contributed by atoms with E-state index in [1.807, 2.05) is 53.4 Å². The Morgan fingerprint density at radius 1 is 1.07 bits per heavy atom. The van der Waals surface area contributed by atoms with Crippen molar-refractivity contribution in [2.45, 2.75) is 6.92 Å². The molecule has 0 bridgehead atoms. The van der Waals surface area contributed by atoms with Gasteiger partial charge in [0.05, 0.1) is 0 Å². The smallest absolute Gasteiger partial charge is 0.262 e. The second-order valence-corrected chi connectivity index (χ2v) is 7.25. The van der Waals surface area contributed by atoms with Crippen LogP contribution in [0.15, 0.2) is 53.0 Å². The average Bonchev–Trinajstić information content (AvgIpc) is 2.67. The summed E-state index contributed by atoms with van der Waals surface area (Å²) in [4.78, 5) is 27.5. The molecule has 142 valence electrons. The Hall–Kier alpha value is -2.54. The van der Waals surface area contributed by atoms with Gasteiger partial charge in [-0.1, -0.05) is 22.0 Å². The van der Waals surface area contributed by atoms with Gasteiger partial charge in [-0.2, -0.15) is 0 Å². The van der Waals surface area contributed by atoms with Gasteiger partial charge < -0.3 is 19.9 Å². The quantitative estimate of drug-likeness (QED) is 0.789. The number of piperazine rings is 1. The summed E-state index contributed by atoms with van der Waals surface area (Å²) < 4.78 is 6.47. The van der Waals surface area contributed by atoms with Crippen LogP contribution in [0.3, 0.4) is 0 Å². The van der Waals surface area contributed by atoms with Gasteiger partial charge in [-0.05, 0) is 42.5 Å². The van der Waals surface area contributed by atoms with Crippen LogP contribution in [0.2, 0.25) is 0 Å². The van der Waals surface area contributed by atoms with Gasteiger partial charge in [-0.15, -0.1) is 0 Å². The lowest BCUT2D eigenvalue weighted by Crippen LogP contribution is -2.48. The van der Waals surface area contributed by atoms with E-state index in [0.29, 0.717) is 5.75 Å². The third-order valence-electron chi connectivity index (χ3n) is 4.41. The van der Waals surface area contributed by atoms with Crippen LogP contribution in [0.5, 0.6) is 5.75 Å². The number of nitrogens with one attached hydrogen (secondary N) is 1. The molecular formula is C20H22BrN3O3. The maximum atomic E-state index is 12.0. The fourth-order valence-corrected chi connectivity index (χ4v) is 3.34. The maximum absolute atomic E-state index is 12.0. The molecule has 1 N–H and O–H groups in total. The molecule has 1 aliphatic heterocycles. The van der Waals surface area contributed by atoms with Crippen molar-refractivity contribution in [2.24, 2.45) is 0 Å². The fourth-order valence-electron chi connectivity index (χ4n) is 2.94. The largest absolute Gasteiger partial charge is 0.484 e. The Labute approximate surface area is 167 Å². The minimum atomic E-state index is -0.211. The number of halogens is 1. The second kappa shape index (κ2) is 8.90. The maximum Gasteiger partial charge on any atom is 0.262 e. The van der Waals surface area contributed by atoms with E-state index in [-0.39, 0.29) is 18.4 Å². The van der Waals surface area contributed by atoms with E-state index in [1.54, 1.807) is 6.92 Å². The van der Waals surface area contributed by atoms with Crippen molar-refractivity contribution in [1.29, 1.82) is 0 Å². The summed E-state index contributed by atoms with van der Waals surface area (Å²) in [5.74, 6) is 0.558. The fraction of sp³-hybridized carbons (Fsp3) is 0.300. The molecule has 2 aromatic carbocycles. The molecule has 27 heavy (non-hydrogen) atoms. The molecule has 1 aliphatic rings. The molecule has 0 aromatic heterocycles. The number of amides is 2. The number of nitrogens with zero attached hydrogens (tertiary/aromatic N) is 2. The summed E-state index contributed by atoms with van der Waals surface area (Å²) in [6.07, 6.45) is 0. The van der Waals surface area contributed by atoms with Crippen LogP contribution < -0.4 is 15.0 Å². The van der Waals surface area contributed by atoms with Gasteiger partial charge in [-0.3, -0.25) is 9.59 Å². The molecule has 1 heterocycles. The molecule has 0 atom stereocenters. The Morgan fingerprint density at radius 2 is 1.78 bits per heavy atom. The van der Waals surface area contributed by atoms with E-state index >= 15 is 0 Å². The number of hydrogen-bond donors (Lipinski definition) is 1. The highest BCUT2D eigenvalue weighted by Crippen LogP contribution is 2.21. The first-order valence-electron chi connectivity index (χ1n) is 8.80. The van der Waals surface area contributed by atoms with Crippen molar-refractivity contribution in [3.05, 3.63) is 53.0 Å². The summed E-state index contributed by atoms with van der Waals surface area (Å²) in [7, 11) is 0. The van der Waals surface area contributed by atoms with E-state index in [9.17, 15) is 9.59 Å². The summed E-state index contributed by atoms with van der Waals surface area (Å²) in [5.41, 5.74) is 1.81. The zero-order valence-electron chi connectivity index (χ0n) is 15.2. The highest BCUT2D eigenvalue weighted by molar-refractivity contribution is 9.10. The van der Waals surface area contributed by atoms with Crippen LogP contribution in [0.4, 0.5) is 11.4 Å². The number of rotatable bonds is 5. The van der Waals surface area contributed by atoms with Crippen LogP contribution in [-0.2, 0) is 9.59 Å². The average molecular weight is 432 g/mol. The highest BCUT2D eigenvalue weighted by atomic mass is 79.9. The molecule has 1 saturated heterocycles. The van der Waals surface area contributed by atoms with Gasteiger partial charge in [0, 0.05) is 49.0 Å². The predicted molar refractivity (Wildman–Crippen MR) is 109 cm³/mol. The Bertz CT molecular complexity index is 802. The van der Waals surface area contributed by atoms with Crippen molar-refractivity contribution in [2.75, 3.05) is 43.0 Å². The normalized spacial score (nSPS) is 14.0. The number of carbonyl (C=O) groups is 2. The van der Waals surface area contributed by atoms with Gasteiger partial charge >= 0.3 is 0 Å². The summed E-state index contributed by atoms with van der Waals surface area (Å²) in [6, 6.07) is 15.1. The third-order valence-corrected chi connectivity index (χ3v) is 4.90. The zero-order valence-corrected chi connectivity index (χ0v) is 16.7. The number of benzene rings is 2. The van der Waals surface area contributed by atoms with E-state index < -0.39 is 0 Å². The van der Waals surface area contributed by atoms with Crippen LogP contribution in [0.1, 0.15) is 6.92 Å². The van der Waals surface area contributed by atoms with Crippen molar-refractivity contribution in [3.8, 4) is 5.75 Å². The molecule has 0 spiro atoms. The molecular weight excluding hydrogens is 410 g/mol. The van der Waals surface area contributed by atoms with E-state index in [4.69, 9.17) is 4.74 Å². The lowest BCUT2D eigenvalue weighted by atomic mass is 10.2. The molecule has 3 rings (SSSR count). The van der Waals surface area contributed by atoms with Gasteiger partial charge in [0.2, 0.25) is 5.91 Å². The van der Waals surface area contributed by atoms with Gasteiger partial charge in [-0.25, -0.2) is 0 Å². The van der Waals surface area contributed by atoms with Crippen LogP contribution in [0.25, 0.3) is 0 Å². The minimum Gasteiger partial charge on any atom is -0.484 e. The Balaban J connectivity index is 1.48. The zero-order chi connectivity index (χ0) is 19.2. The van der Waals surface area contributed by atoms with Crippen LogP contribution in [-0.4, -0.2) is 49.5 Å². The van der Waals surface area contributed by atoms with Crippen molar-refractivity contribution in [1.82, 2.24) is 4.90 Å². The van der Waals surface area contributed by atoms with Gasteiger partial charge in [0.1, 0.15) is 5.75 Å². The summed E-state index contributed by atoms with van der Waals surface area (Å²) in [5, 5.41) is 2.79. The minimum absolute atomic E-state index is 0.0524. The predicted octanol–water partition coefficient (Wildman–Crippen LogP) is 3.14. The molecule has 1 fully saturated rings. The number of carbonyl (C=O) groups excluding carboxylic acids is 2. The van der Waals surface area contributed by atoms with Gasteiger partial charge in [0.15, 0.2) is 6.61 Å². The lowest BCUT2D eigenvalue weighted by molar-refractivity contribution is -0.129. The molecule has 0 unspecified atom stereocenters. The lowest BCUT2D eigenvalue weighted by Gasteiger charge is -2.35. The molecule has 0 saturated carbocycles. The Morgan fingerprint density at radius 3 is 2.41 bits per heavy atom. The standard InChI is InChI=1S/C20H22BrN3O3/c1-15(25)23-9-11-24(12-10-23)18-5-7-19(8-6-18)27-14-20(26)22-17-4-2-3-16(21)13-17/h2-8,13H,9-12,14H2,1H3,(H,22,26). The van der Waals surface area contributed by atoms with E-state index in [1.165, 1.54) is 0 Å². The van der Waals surface area contributed by atoms with Crippen LogP contribution in [0, 0.1) is 0 Å². The molecule has 0 aliphatic carbocycles. The number of anilines is 2. The van der Waals surface area contributed by atoms with E-state index in [0.717, 1.165) is 42.0 Å². The molecule has 7 heteroatoms.